The van der Waals surface area contributed by atoms with Crippen molar-refractivity contribution in [2.45, 2.75) is 26.7 Å². The minimum absolute atomic E-state index is 0.0600. The summed E-state index contributed by atoms with van der Waals surface area (Å²) < 4.78 is 13.2. The van der Waals surface area contributed by atoms with Crippen LogP contribution in [0, 0.1) is 18.7 Å². The lowest BCUT2D eigenvalue weighted by Crippen LogP contribution is -2.17. The van der Waals surface area contributed by atoms with Crippen molar-refractivity contribution in [3.05, 3.63) is 29.6 Å². The number of anilines is 1. The number of carbonyl (C=O) groups excluding carboxylic acids is 1. The average molecular weight is 253 g/mol. The van der Waals surface area contributed by atoms with Crippen molar-refractivity contribution in [1.82, 2.24) is 0 Å². The van der Waals surface area contributed by atoms with Gasteiger partial charge in [-0.05, 0) is 25.0 Å². The van der Waals surface area contributed by atoms with Crippen LogP contribution in [0.5, 0.6) is 0 Å². The number of carboxylic acid groups (broad SMARTS) is 1. The van der Waals surface area contributed by atoms with Crippen molar-refractivity contribution < 1.29 is 19.1 Å². The molecule has 0 aromatic heterocycles. The summed E-state index contributed by atoms with van der Waals surface area (Å²) in [7, 11) is 0. The summed E-state index contributed by atoms with van der Waals surface area (Å²) in [5, 5.41) is 11.2. The van der Waals surface area contributed by atoms with Gasteiger partial charge in [-0.3, -0.25) is 9.59 Å². The van der Waals surface area contributed by atoms with Crippen molar-refractivity contribution >= 4 is 17.6 Å². The highest BCUT2D eigenvalue weighted by atomic mass is 19.1. The van der Waals surface area contributed by atoms with E-state index in [0.717, 1.165) is 0 Å². The molecule has 0 saturated carbocycles. The molecule has 0 aliphatic rings. The molecular formula is C13H16FNO3. The lowest BCUT2D eigenvalue weighted by atomic mass is 10.0. The van der Waals surface area contributed by atoms with E-state index in [1.54, 1.807) is 19.9 Å². The van der Waals surface area contributed by atoms with E-state index >= 15 is 0 Å². The van der Waals surface area contributed by atoms with Crippen LogP contribution in [0.3, 0.4) is 0 Å². The first-order valence-electron chi connectivity index (χ1n) is 5.67. The zero-order chi connectivity index (χ0) is 13.7. The maximum absolute atomic E-state index is 13.2. The van der Waals surface area contributed by atoms with Crippen molar-refractivity contribution in [2.75, 3.05) is 5.32 Å². The molecule has 1 aromatic carbocycles. The van der Waals surface area contributed by atoms with Gasteiger partial charge in [0.2, 0.25) is 5.91 Å². The molecule has 0 fully saturated rings. The molecule has 1 atom stereocenters. The van der Waals surface area contributed by atoms with Crippen LogP contribution in [0.4, 0.5) is 10.1 Å². The van der Waals surface area contributed by atoms with Crippen LogP contribution in [0.25, 0.3) is 0 Å². The van der Waals surface area contributed by atoms with Crippen molar-refractivity contribution in [2.24, 2.45) is 5.92 Å². The molecular weight excluding hydrogens is 237 g/mol. The molecule has 0 saturated heterocycles. The van der Waals surface area contributed by atoms with Crippen LogP contribution in [0.2, 0.25) is 0 Å². The van der Waals surface area contributed by atoms with E-state index in [4.69, 9.17) is 5.11 Å². The molecule has 2 N–H and O–H groups in total. The Bertz CT molecular complexity index is 460. The highest BCUT2D eigenvalue weighted by Crippen LogP contribution is 2.18. The highest BCUT2D eigenvalue weighted by Gasteiger charge is 2.13. The van der Waals surface area contributed by atoms with Gasteiger partial charge in [-0.15, -0.1) is 0 Å². The van der Waals surface area contributed by atoms with E-state index in [9.17, 15) is 14.0 Å². The molecule has 0 heterocycles. The summed E-state index contributed by atoms with van der Waals surface area (Å²) in [6.45, 7) is 3.26. The maximum atomic E-state index is 13.2. The number of aliphatic carboxylic acids is 1. The molecule has 4 nitrogen and oxygen atoms in total. The van der Waals surface area contributed by atoms with Crippen molar-refractivity contribution in [3.63, 3.8) is 0 Å². The molecule has 18 heavy (non-hydrogen) atoms. The molecule has 0 spiro atoms. The minimum atomic E-state index is -0.933. The van der Waals surface area contributed by atoms with Crippen LogP contribution in [-0.4, -0.2) is 17.0 Å². The minimum Gasteiger partial charge on any atom is -0.481 e. The van der Waals surface area contributed by atoms with Gasteiger partial charge in [-0.2, -0.15) is 0 Å². The Morgan fingerprint density at radius 1 is 1.39 bits per heavy atom. The fourth-order valence-electron chi connectivity index (χ4n) is 1.63. The first-order chi connectivity index (χ1) is 8.40. The summed E-state index contributed by atoms with van der Waals surface area (Å²) in [5.74, 6) is -1.88. The second-order valence-electron chi connectivity index (χ2n) is 4.37. The third-order valence-corrected chi connectivity index (χ3v) is 2.60. The van der Waals surface area contributed by atoms with Crippen molar-refractivity contribution in [1.29, 1.82) is 0 Å². The van der Waals surface area contributed by atoms with Gasteiger partial charge in [0.15, 0.2) is 0 Å². The summed E-state index contributed by atoms with van der Waals surface area (Å²) in [4.78, 5) is 22.1. The number of carboxylic acids is 1. The van der Waals surface area contributed by atoms with Gasteiger partial charge >= 0.3 is 5.97 Å². The lowest BCUT2D eigenvalue weighted by molar-refractivity contribution is -0.138. The fraction of sp³-hybridized carbons (Fsp3) is 0.385. The molecule has 0 bridgehead atoms. The Hall–Kier alpha value is -1.91. The smallest absolute Gasteiger partial charge is 0.303 e. The molecule has 1 aromatic rings. The predicted octanol–water partition coefficient (Wildman–Crippen LogP) is 2.57. The second kappa shape index (κ2) is 6.14. The van der Waals surface area contributed by atoms with Gasteiger partial charge in [-0.25, -0.2) is 4.39 Å². The first-order valence-corrected chi connectivity index (χ1v) is 5.67. The highest BCUT2D eigenvalue weighted by molar-refractivity contribution is 5.91. The Morgan fingerprint density at radius 2 is 2.06 bits per heavy atom. The standard InChI is InChI=1S/C13H16FNO3/c1-8(7-13(17)18)6-12(16)15-11-5-3-4-10(14)9(11)2/h3-5,8H,6-7H2,1-2H3,(H,15,16)(H,17,18). The van der Waals surface area contributed by atoms with E-state index in [0.29, 0.717) is 11.3 Å². The van der Waals surface area contributed by atoms with E-state index in [2.05, 4.69) is 5.32 Å². The Balaban J connectivity index is 2.59. The summed E-state index contributed by atoms with van der Waals surface area (Å²) in [6, 6.07) is 4.44. The number of rotatable bonds is 5. The molecule has 0 aliphatic carbocycles. The van der Waals surface area contributed by atoms with Gasteiger partial charge in [0.1, 0.15) is 5.82 Å². The van der Waals surface area contributed by atoms with Crippen molar-refractivity contribution in [3.8, 4) is 0 Å². The van der Waals surface area contributed by atoms with Gasteiger partial charge < -0.3 is 10.4 Å². The van der Waals surface area contributed by atoms with E-state index in [1.165, 1.54) is 12.1 Å². The maximum Gasteiger partial charge on any atom is 0.303 e. The van der Waals surface area contributed by atoms with Crippen LogP contribution >= 0.6 is 0 Å². The van der Waals surface area contributed by atoms with Gasteiger partial charge in [0.25, 0.3) is 0 Å². The number of hydrogen-bond acceptors (Lipinski definition) is 2. The zero-order valence-electron chi connectivity index (χ0n) is 10.4. The number of amides is 1. The summed E-state index contributed by atoms with van der Waals surface area (Å²) in [6.07, 6.45) is 0.0395. The summed E-state index contributed by atoms with van der Waals surface area (Å²) >= 11 is 0. The molecule has 1 rings (SSSR count). The topological polar surface area (TPSA) is 66.4 Å². The Labute approximate surface area is 105 Å². The SMILES string of the molecule is Cc1c(F)cccc1NC(=O)CC(C)CC(=O)O. The molecule has 98 valence electrons. The average Bonchev–Trinajstić information content (AvgIpc) is 2.23. The van der Waals surface area contributed by atoms with Gasteiger partial charge in [0, 0.05) is 24.1 Å². The number of benzene rings is 1. The van der Waals surface area contributed by atoms with E-state index in [1.807, 2.05) is 0 Å². The Kier molecular flexibility index (Phi) is 4.83. The van der Waals surface area contributed by atoms with Crippen LogP contribution < -0.4 is 5.32 Å². The fourth-order valence-corrected chi connectivity index (χ4v) is 1.63. The van der Waals surface area contributed by atoms with E-state index in [-0.39, 0.29) is 30.5 Å². The number of carbonyl (C=O) groups is 2. The Morgan fingerprint density at radius 3 is 2.67 bits per heavy atom. The molecule has 5 heteroatoms. The van der Waals surface area contributed by atoms with Crippen LogP contribution in [0.15, 0.2) is 18.2 Å². The number of hydrogen-bond donors (Lipinski definition) is 2. The third kappa shape index (κ3) is 4.16. The lowest BCUT2D eigenvalue weighted by Gasteiger charge is -2.11. The quantitative estimate of drug-likeness (QED) is 0.847. The van der Waals surface area contributed by atoms with Crippen LogP contribution in [0.1, 0.15) is 25.3 Å². The summed E-state index contributed by atoms with van der Waals surface area (Å²) in [5.41, 5.74) is 0.791. The molecule has 0 aliphatic heterocycles. The molecule has 1 amide bonds. The third-order valence-electron chi connectivity index (χ3n) is 2.60. The number of halogens is 1. The second-order valence-corrected chi connectivity index (χ2v) is 4.37. The molecule has 1 unspecified atom stereocenters. The van der Waals surface area contributed by atoms with E-state index < -0.39 is 5.97 Å². The van der Waals surface area contributed by atoms with Crippen LogP contribution in [-0.2, 0) is 9.59 Å². The monoisotopic (exact) mass is 253 g/mol. The predicted molar refractivity (Wildman–Crippen MR) is 65.8 cm³/mol. The van der Waals surface area contributed by atoms with Gasteiger partial charge in [0.05, 0.1) is 0 Å². The zero-order valence-corrected chi connectivity index (χ0v) is 10.4. The largest absolute Gasteiger partial charge is 0.481 e. The first kappa shape index (κ1) is 14.2. The normalized spacial score (nSPS) is 11.9. The number of nitrogens with one attached hydrogen (secondary N) is 1. The van der Waals surface area contributed by atoms with Gasteiger partial charge in [-0.1, -0.05) is 13.0 Å². The molecule has 0 radical (unpaired) electrons.